The van der Waals surface area contributed by atoms with E-state index in [1.807, 2.05) is 0 Å². The highest BCUT2D eigenvalue weighted by Gasteiger charge is 2.03. The Balaban J connectivity index is 2.44. The number of aromatic nitrogens is 4. The van der Waals surface area contributed by atoms with E-state index in [1.54, 1.807) is 31.5 Å². The van der Waals surface area contributed by atoms with Crippen LogP contribution in [0.25, 0.3) is 11.5 Å². The summed E-state index contributed by atoms with van der Waals surface area (Å²) in [5, 5.41) is 8.94. The highest BCUT2D eigenvalue weighted by atomic mass is 16.3. The molecule has 2 rings (SSSR count). The predicted molar refractivity (Wildman–Crippen MR) is 53.7 cm³/mol. The number of hydrogen-bond donors (Lipinski definition) is 1. The van der Waals surface area contributed by atoms with Crippen LogP contribution >= 0.6 is 0 Å². The summed E-state index contributed by atoms with van der Waals surface area (Å²) in [5.41, 5.74) is 1.24. The summed E-state index contributed by atoms with van der Waals surface area (Å²) in [6, 6.07) is 3.40. The maximum absolute atomic E-state index is 8.94. The van der Waals surface area contributed by atoms with Gasteiger partial charge in [0, 0.05) is 12.4 Å². The fraction of sp³-hybridized carbons (Fsp3) is 0.200. The van der Waals surface area contributed by atoms with Crippen LogP contribution in [0.2, 0.25) is 0 Å². The smallest absolute Gasteiger partial charge is 0.178 e. The molecule has 0 spiro atoms. The number of aliphatic hydroxyl groups excluding tert-OH is 1. The molecule has 0 aliphatic carbocycles. The van der Waals surface area contributed by atoms with Crippen molar-refractivity contribution in [1.82, 2.24) is 19.9 Å². The largest absolute Gasteiger partial charge is 0.390 e. The zero-order valence-electron chi connectivity index (χ0n) is 8.25. The number of aryl methyl sites for hydroxylation is 1. The number of aliphatic hydroxyl groups is 1. The monoisotopic (exact) mass is 202 g/mol. The third-order valence-electron chi connectivity index (χ3n) is 1.88. The molecule has 0 fully saturated rings. The van der Waals surface area contributed by atoms with Crippen LogP contribution in [0.15, 0.2) is 24.5 Å². The molecule has 2 heterocycles. The van der Waals surface area contributed by atoms with Gasteiger partial charge in [-0.3, -0.25) is 0 Å². The first-order valence-corrected chi connectivity index (χ1v) is 4.52. The Hall–Kier alpha value is -1.88. The van der Waals surface area contributed by atoms with Crippen molar-refractivity contribution in [2.24, 2.45) is 0 Å². The predicted octanol–water partition coefficient (Wildman–Crippen LogP) is 0.734. The normalized spacial score (nSPS) is 10.3. The Morgan fingerprint density at radius 2 is 1.93 bits per heavy atom. The minimum Gasteiger partial charge on any atom is -0.390 e. The minimum atomic E-state index is -0.0976. The van der Waals surface area contributed by atoms with Gasteiger partial charge in [0.05, 0.1) is 12.3 Å². The molecular formula is C10H10N4O. The van der Waals surface area contributed by atoms with Crippen molar-refractivity contribution < 1.29 is 5.11 Å². The fourth-order valence-electron chi connectivity index (χ4n) is 1.19. The molecule has 15 heavy (non-hydrogen) atoms. The topological polar surface area (TPSA) is 71.8 Å². The Kier molecular flexibility index (Phi) is 2.64. The molecule has 5 heteroatoms. The quantitative estimate of drug-likeness (QED) is 0.777. The summed E-state index contributed by atoms with van der Waals surface area (Å²) in [6.07, 6.45) is 3.26. The highest BCUT2D eigenvalue weighted by molar-refractivity contribution is 5.47. The maximum Gasteiger partial charge on any atom is 0.178 e. The first-order chi connectivity index (χ1) is 7.29. The molecule has 2 aromatic rings. The molecular weight excluding hydrogens is 192 g/mol. The van der Waals surface area contributed by atoms with E-state index in [9.17, 15) is 0 Å². The van der Waals surface area contributed by atoms with Crippen molar-refractivity contribution in [3.05, 3.63) is 36.0 Å². The molecule has 0 amide bonds. The summed E-state index contributed by atoms with van der Waals surface area (Å²) >= 11 is 0. The average Bonchev–Trinajstić information content (AvgIpc) is 2.29. The van der Waals surface area contributed by atoms with E-state index in [0.29, 0.717) is 23.0 Å². The van der Waals surface area contributed by atoms with Crippen LogP contribution in [0.5, 0.6) is 0 Å². The number of nitrogens with zero attached hydrogens (tertiary/aromatic N) is 4. The standard InChI is InChI=1S/C10H10N4O/c1-7-11-5-3-9(13-7)10-12-4-2-8(6-15)14-10/h2-5,15H,6H2,1H3. The van der Waals surface area contributed by atoms with Gasteiger partial charge in [0.25, 0.3) is 0 Å². The number of hydrogen-bond acceptors (Lipinski definition) is 5. The van der Waals surface area contributed by atoms with Gasteiger partial charge in [0.2, 0.25) is 0 Å². The lowest BCUT2D eigenvalue weighted by atomic mass is 10.3. The second-order valence-electron chi connectivity index (χ2n) is 3.02. The maximum atomic E-state index is 8.94. The van der Waals surface area contributed by atoms with Crippen molar-refractivity contribution in [1.29, 1.82) is 0 Å². The van der Waals surface area contributed by atoms with Crippen LogP contribution in [0, 0.1) is 6.92 Å². The first kappa shape index (κ1) is 9.67. The van der Waals surface area contributed by atoms with Crippen LogP contribution < -0.4 is 0 Å². The lowest BCUT2D eigenvalue weighted by molar-refractivity contribution is 0.277. The molecule has 76 valence electrons. The molecule has 5 nitrogen and oxygen atoms in total. The van der Waals surface area contributed by atoms with Crippen LogP contribution in [0.1, 0.15) is 11.5 Å². The molecule has 0 atom stereocenters. The highest BCUT2D eigenvalue weighted by Crippen LogP contribution is 2.10. The third kappa shape index (κ3) is 2.13. The minimum absolute atomic E-state index is 0.0976. The molecule has 0 saturated heterocycles. The van der Waals surface area contributed by atoms with Gasteiger partial charge in [-0.25, -0.2) is 19.9 Å². The van der Waals surface area contributed by atoms with Crippen LogP contribution in [0.4, 0.5) is 0 Å². The molecule has 0 unspecified atom stereocenters. The van der Waals surface area contributed by atoms with E-state index in [-0.39, 0.29) is 6.61 Å². The van der Waals surface area contributed by atoms with E-state index in [0.717, 1.165) is 0 Å². The van der Waals surface area contributed by atoms with Crippen LogP contribution in [0.3, 0.4) is 0 Å². The zero-order chi connectivity index (χ0) is 10.7. The molecule has 0 aliphatic rings. The van der Waals surface area contributed by atoms with Crippen molar-refractivity contribution in [2.75, 3.05) is 0 Å². The summed E-state index contributed by atoms with van der Waals surface area (Å²) in [5.74, 6) is 1.18. The van der Waals surface area contributed by atoms with Crippen molar-refractivity contribution in [2.45, 2.75) is 13.5 Å². The Morgan fingerprint density at radius 3 is 2.67 bits per heavy atom. The van der Waals surface area contributed by atoms with Crippen molar-refractivity contribution >= 4 is 0 Å². The van der Waals surface area contributed by atoms with Crippen LogP contribution in [-0.4, -0.2) is 25.0 Å². The second kappa shape index (κ2) is 4.10. The molecule has 2 aromatic heterocycles. The zero-order valence-corrected chi connectivity index (χ0v) is 8.25. The van der Waals surface area contributed by atoms with Gasteiger partial charge in [-0.1, -0.05) is 0 Å². The summed E-state index contributed by atoms with van der Waals surface area (Å²) < 4.78 is 0. The van der Waals surface area contributed by atoms with E-state index in [1.165, 1.54) is 0 Å². The van der Waals surface area contributed by atoms with Gasteiger partial charge < -0.3 is 5.11 Å². The van der Waals surface area contributed by atoms with Gasteiger partial charge >= 0.3 is 0 Å². The Labute approximate surface area is 86.9 Å². The lowest BCUT2D eigenvalue weighted by Crippen LogP contribution is -1.97. The van der Waals surface area contributed by atoms with E-state index in [4.69, 9.17) is 5.11 Å². The second-order valence-corrected chi connectivity index (χ2v) is 3.02. The number of rotatable bonds is 2. The van der Waals surface area contributed by atoms with Gasteiger partial charge in [-0.2, -0.15) is 0 Å². The summed E-state index contributed by atoms with van der Waals surface area (Å²) in [4.78, 5) is 16.4. The van der Waals surface area contributed by atoms with Gasteiger partial charge in [-0.05, 0) is 19.1 Å². The molecule has 0 aliphatic heterocycles. The molecule has 0 aromatic carbocycles. The Bertz CT molecular complexity index is 472. The van der Waals surface area contributed by atoms with Crippen molar-refractivity contribution in [3.8, 4) is 11.5 Å². The molecule has 0 radical (unpaired) electrons. The summed E-state index contributed by atoms with van der Waals surface area (Å²) in [7, 11) is 0. The van der Waals surface area contributed by atoms with Gasteiger partial charge in [0.1, 0.15) is 11.5 Å². The van der Waals surface area contributed by atoms with Crippen molar-refractivity contribution in [3.63, 3.8) is 0 Å². The molecule has 1 N–H and O–H groups in total. The third-order valence-corrected chi connectivity index (χ3v) is 1.88. The van der Waals surface area contributed by atoms with E-state index in [2.05, 4.69) is 19.9 Å². The Morgan fingerprint density at radius 1 is 1.13 bits per heavy atom. The first-order valence-electron chi connectivity index (χ1n) is 4.52. The molecule has 0 saturated carbocycles. The molecule has 0 bridgehead atoms. The van der Waals surface area contributed by atoms with Gasteiger partial charge in [0.15, 0.2) is 5.82 Å². The lowest BCUT2D eigenvalue weighted by Gasteiger charge is -2.01. The SMILES string of the molecule is Cc1nccc(-c2nccc(CO)n2)n1. The van der Waals surface area contributed by atoms with Gasteiger partial charge in [-0.15, -0.1) is 0 Å². The van der Waals surface area contributed by atoms with Crippen LogP contribution in [-0.2, 0) is 6.61 Å². The summed E-state index contributed by atoms with van der Waals surface area (Å²) in [6.45, 7) is 1.71. The van der Waals surface area contributed by atoms with E-state index < -0.39 is 0 Å². The average molecular weight is 202 g/mol. The van der Waals surface area contributed by atoms with E-state index >= 15 is 0 Å². The fourth-order valence-corrected chi connectivity index (χ4v) is 1.19.